The van der Waals surface area contributed by atoms with Gasteiger partial charge in [0, 0.05) is 5.39 Å². The van der Waals surface area contributed by atoms with Gasteiger partial charge in [-0.3, -0.25) is 0 Å². The molecule has 0 aromatic heterocycles. The highest BCUT2D eigenvalue weighted by atomic mass is 19.1. The molecule has 20 heavy (non-hydrogen) atoms. The number of fused-ring (bicyclic) bond motifs is 1. The summed E-state index contributed by atoms with van der Waals surface area (Å²) in [5, 5.41) is 4.99. The molecular formula is C17H20FNO. The van der Waals surface area contributed by atoms with E-state index in [0.717, 1.165) is 23.8 Å². The average Bonchev–Trinajstić information content (AvgIpc) is 2.89. The molecule has 0 aliphatic carbocycles. The van der Waals surface area contributed by atoms with Gasteiger partial charge < -0.3 is 10.1 Å². The molecular weight excluding hydrogens is 253 g/mol. The van der Waals surface area contributed by atoms with Crippen molar-refractivity contribution in [2.45, 2.75) is 38.0 Å². The van der Waals surface area contributed by atoms with Crippen LogP contribution >= 0.6 is 0 Å². The van der Waals surface area contributed by atoms with E-state index in [9.17, 15) is 4.39 Å². The lowest BCUT2D eigenvalue weighted by molar-refractivity contribution is 0.0336. The maximum atomic E-state index is 13.9. The first-order valence-electron chi connectivity index (χ1n) is 7.20. The molecule has 1 aliphatic heterocycles. The summed E-state index contributed by atoms with van der Waals surface area (Å²) in [7, 11) is 1.94. The van der Waals surface area contributed by atoms with Crippen molar-refractivity contribution < 1.29 is 9.13 Å². The van der Waals surface area contributed by atoms with Gasteiger partial charge in [-0.15, -0.1) is 0 Å². The Kier molecular flexibility index (Phi) is 3.72. The van der Waals surface area contributed by atoms with Crippen molar-refractivity contribution >= 4 is 10.8 Å². The van der Waals surface area contributed by atoms with Gasteiger partial charge in [-0.1, -0.05) is 30.3 Å². The van der Waals surface area contributed by atoms with Gasteiger partial charge >= 0.3 is 0 Å². The molecule has 0 radical (unpaired) electrons. The number of hydrogen-bond acceptors (Lipinski definition) is 2. The van der Waals surface area contributed by atoms with Crippen LogP contribution in [-0.2, 0) is 4.74 Å². The Morgan fingerprint density at radius 3 is 2.55 bits per heavy atom. The molecule has 1 N–H and O–H groups in total. The van der Waals surface area contributed by atoms with E-state index in [2.05, 4.69) is 12.2 Å². The highest BCUT2D eigenvalue weighted by Gasteiger charge is 2.30. The second-order valence-corrected chi connectivity index (χ2v) is 5.51. The molecule has 0 spiro atoms. The SMILES string of the molecule is CNC(c1ccc(F)c2ccccc12)C1CCC(C)O1. The minimum absolute atomic E-state index is 0.102. The number of nitrogens with one attached hydrogen (secondary N) is 1. The quantitative estimate of drug-likeness (QED) is 0.918. The Bertz CT molecular complexity index is 613. The Morgan fingerprint density at radius 2 is 1.90 bits per heavy atom. The Labute approximate surface area is 118 Å². The molecule has 2 nitrogen and oxygen atoms in total. The smallest absolute Gasteiger partial charge is 0.131 e. The number of rotatable bonds is 3. The Hall–Kier alpha value is -1.45. The van der Waals surface area contributed by atoms with Crippen molar-refractivity contribution in [3.05, 3.63) is 47.8 Å². The number of likely N-dealkylation sites (N-methyl/N-ethyl adjacent to an activating group) is 1. The van der Waals surface area contributed by atoms with E-state index in [4.69, 9.17) is 4.74 Å². The van der Waals surface area contributed by atoms with Crippen molar-refractivity contribution in [3.8, 4) is 0 Å². The molecule has 0 bridgehead atoms. The van der Waals surface area contributed by atoms with Gasteiger partial charge in [-0.25, -0.2) is 4.39 Å². The maximum absolute atomic E-state index is 13.9. The molecule has 3 unspecified atom stereocenters. The fraction of sp³-hybridized carbons (Fsp3) is 0.412. The number of benzene rings is 2. The average molecular weight is 273 g/mol. The summed E-state index contributed by atoms with van der Waals surface area (Å²) in [4.78, 5) is 0. The predicted octanol–water partition coefficient (Wildman–Crippen LogP) is 3.81. The van der Waals surface area contributed by atoms with Crippen LogP contribution in [0.1, 0.15) is 31.4 Å². The zero-order valence-corrected chi connectivity index (χ0v) is 11.9. The largest absolute Gasteiger partial charge is 0.373 e. The third-order valence-electron chi connectivity index (χ3n) is 4.19. The lowest BCUT2D eigenvalue weighted by atomic mass is 9.94. The molecule has 0 saturated carbocycles. The molecule has 1 heterocycles. The monoisotopic (exact) mass is 273 g/mol. The van der Waals surface area contributed by atoms with Crippen LogP contribution in [0.3, 0.4) is 0 Å². The van der Waals surface area contributed by atoms with Gasteiger partial charge in [0.05, 0.1) is 18.2 Å². The third-order valence-corrected chi connectivity index (χ3v) is 4.19. The molecule has 2 aromatic carbocycles. The molecule has 1 aliphatic rings. The van der Waals surface area contributed by atoms with Crippen LogP contribution in [-0.4, -0.2) is 19.3 Å². The van der Waals surface area contributed by atoms with Crippen LogP contribution in [0.5, 0.6) is 0 Å². The minimum Gasteiger partial charge on any atom is -0.373 e. The van der Waals surface area contributed by atoms with Crippen LogP contribution in [0.4, 0.5) is 4.39 Å². The molecule has 3 heteroatoms. The normalized spacial score (nSPS) is 24.1. The summed E-state index contributed by atoms with van der Waals surface area (Å²) in [5.41, 5.74) is 1.11. The van der Waals surface area contributed by atoms with Gasteiger partial charge in [0.25, 0.3) is 0 Å². The first-order chi connectivity index (χ1) is 9.70. The summed E-state index contributed by atoms with van der Waals surface area (Å²) in [6.45, 7) is 2.11. The van der Waals surface area contributed by atoms with Crippen LogP contribution in [0.25, 0.3) is 10.8 Å². The van der Waals surface area contributed by atoms with E-state index in [0.29, 0.717) is 11.5 Å². The number of halogens is 1. The van der Waals surface area contributed by atoms with Gasteiger partial charge in [0.15, 0.2) is 0 Å². The third kappa shape index (κ3) is 2.32. The van der Waals surface area contributed by atoms with Gasteiger partial charge in [-0.2, -0.15) is 0 Å². The summed E-state index contributed by atoms with van der Waals surface area (Å²) >= 11 is 0. The van der Waals surface area contributed by atoms with Crippen molar-refractivity contribution in [2.75, 3.05) is 7.05 Å². The number of ether oxygens (including phenoxy) is 1. The van der Waals surface area contributed by atoms with E-state index < -0.39 is 0 Å². The van der Waals surface area contributed by atoms with Crippen molar-refractivity contribution in [1.29, 1.82) is 0 Å². The second-order valence-electron chi connectivity index (χ2n) is 5.51. The van der Waals surface area contributed by atoms with Crippen molar-refractivity contribution in [2.24, 2.45) is 0 Å². The zero-order valence-electron chi connectivity index (χ0n) is 11.9. The summed E-state index contributed by atoms with van der Waals surface area (Å²) < 4.78 is 19.9. The Balaban J connectivity index is 2.06. The zero-order chi connectivity index (χ0) is 14.1. The Morgan fingerprint density at radius 1 is 1.15 bits per heavy atom. The summed E-state index contributed by atoms with van der Waals surface area (Å²) in [6, 6.07) is 11.2. The predicted molar refractivity (Wildman–Crippen MR) is 79.3 cm³/mol. The lowest BCUT2D eigenvalue weighted by Gasteiger charge is -2.25. The fourth-order valence-electron chi connectivity index (χ4n) is 3.18. The van der Waals surface area contributed by atoms with E-state index >= 15 is 0 Å². The van der Waals surface area contributed by atoms with E-state index in [1.54, 1.807) is 6.07 Å². The highest BCUT2D eigenvalue weighted by Crippen LogP contribution is 2.34. The van der Waals surface area contributed by atoms with Crippen molar-refractivity contribution in [3.63, 3.8) is 0 Å². The van der Waals surface area contributed by atoms with Crippen LogP contribution in [0.2, 0.25) is 0 Å². The van der Waals surface area contributed by atoms with Gasteiger partial charge in [0.1, 0.15) is 5.82 Å². The van der Waals surface area contributed by atoms with Gasteiger partial charge in [0.2, 0.25) is 0 Å². The van der Waals surface area contributed by atoms with E-state index in [1.165, 1.54) is 0 Å². The highest BCUT2D eigenvalue weighted by molar-refractivity contribution is 5.86. The molecule has 3 rings (SSSR count). The molecule has 3 atom stereocenters. The summed E-state index contributed by atoms with van der Waals surface area (Å²) in [6.07, 6.45) is 2.59. The van der Waals surface area contributed by atoms with Crippen LogP contribution in [0.15, 0.2) is 36.4 Å². The topological polar surface area (TPSA) is 21.3 Å². The standard InChI is InChI=1S/C17H20FNO/c1-11-7-10-16(20-11)17(19-2)14-8-9-15(18)13-6-4-3-5-12(13)14/h3-6,8-9,11,16-17,19H,7,10H2,1-2H3. The molecule has 1 saturated heterocycles. The van der Waals surface area contributed by atoms with E-state index in [1.807, 2.05) is 37.4 Å². The first kappa shape index (κ1) is 13.5. The van der Waals surface area contributed by atoms with Gasteiger partial charge in [-0.05, 0) is 43.8 Å². The molecule has 1 fully saturated rings. The van der Waals surface area contributed by atoms with Crippen molar-refractivity contribution in [1.82, 2.24) is 5.32 Å². The maximum Gasteiger partial charge on any atom is 0.131 e. The first-order valence-corrected chi connectivity index (χ1v) is 7.20. The number of hydrogen-bond donors (Lipinski definition) is 1. The fourth-order valence-corrected chi connectivity index (χ4v) is 3.18. The van der Waals surface area contributed by atoms with Crippen LogP contribution < -0.4 is 5.32 Å². The molecule has 2 aromatic rings. The second kappa shape index (κ2) is 5.51. The molecule has 0 amide bonds. The van der Waals surface area contributed by atoms with E-state index in [-0.39, 0.29) is 18.0 Å². The molecule has 106 valence electrons. The minimum atomic E-state index is -0.167. The van der Waals surface area contributed by atoms with Crippen LogP contribution in [0, 0.1) is 5.82 Å². The summed E-state index contributed by atoms with van der Waals surface area (Å²) in [5.74, 6) is -0.167. The lowest BCUT2D eigenvalue weighted by Crippen LogP contribution is -2.29.